The van der Waals surface area contributed by atoms with Crippen molar-refractivity contribution in [3.63, 3.8) is 0 Å². The molecule has 29 heavy (non-hydrogen) atoms. The molecule has 0 N–H and O–H groups in total. The quantitative estimate of drug-likeness (QED) is 0.484. The van der Waals surface area contributed by atoms with Crippen molar-refractivity contribution in [2.24, 2.45) is 0 Å². The zero-order chi connectivity index (χ0) is 20.2. The fourth-order valence-corrected chi connectivity index (χ4v) is 3.17. The summed E-state index contributed by atoms with van der Waals surface area (Å²) in [5.74, 6) is 1.43. The lowest BCUT2D eigenvalue weighted by Gasteiger charge is -2.07. The summed E-state index contributed by atoms with van der Waals surface area (Å²) in [5.41, 5.74) is 4.89. The van der Waals surface area contributed by atoms with Gasteiger partial charge in [-0.05, 0) is 46.9 Å². The van der Waals surface area contributed by atoms with E-state index in [2.05, 4.69) is 25.6 Å². The zero-order valence-electron chi connectivity index (χ0n) is 16.4. The highest BCUT2D eigenvalue weighted by Crippen LogP contribution is 2.35. The Hall–Kier alpha value is -3.59. The van der Waals surface area contributed by atoms with Gasteiger partial charge >= 0.3 is 0 Å². The fourth-order valence-electron chi connectivity index (χ4n) is 3.17. The first kappa shape index (κ1) is 18.8. The molecule has 3 nitrogen and oxygen atoms in total. The Bertz CT molecular complexity index is 1070. The minimum atomic E-state index is -0.105. The third kappa shape index (κ3) is 4.14. The van der Waals surface area contributed by atoms with Gasteiger partial charge in [0.2, 0.25) is 5.78 Å². The topological polar surface area (TPSA) is 35.5 Å². The molecule has 0 amide bonds. The smallest absolute Gasteiger partial charge is 0.231 e. The van der Waals surface area contributed by atoms with Gasteiger partial charge in [0.15, 0.2) is 5.76 Å². The number of fused-ring (bicyclic) bond motifs is 1. The third-order valence-corrected chi connectivity index (χ3v) is 4.95. The average Bonchev–Trinajstić information content (AvgIpc) is 3.07. The summed E-state index contributed by atoms with van der Waals surface area (Å²) in [6.45, 7) is 6.31. The van der Waals surface area contributed by atoms with Crippen molar-refractivity contribution in [1.29, 1.82) is 0 Å². The highest BCUT2D eigenvalue weighted by molar-refractivity contribution is 6.14. The number of carbonyl (C=O) groups excluding carboxylic acids is 1. The SMILES string of the molecule is C=Cc1ccc(COc2ccc3c(c2)OC(=Cc2ccc(CC)cc2)C3=O)cc1. The maximum Gasteiger partial charge on any atom is 0.231 e. The monoisotopic (exact) mass is 382 g/mol. The number of aryl methyl sites for hydroxylation is 1. The van der Waals surface area contributed by atoms with E-state index in [1.54, 1.807) is 24.3 Å². The number of carbonyl (C=O) groups is 1. The molecule has 3 aromatic rings. The second-order valence-corrected chi connectivity index (χ2v) is 6.93. The van der Waals surface area contributed by atoms with E-state index in [1.807, 2.05) is 42.5 Å². The van der Waals surface area contributed by atoms with Crippen LogP contribution in [-0.2, 0) is 13.0 Å². The lowest BCUT2D eigenvalue weighted by molar-refractivity contribution is 0.101. The first-order chi connectivity index (χ1) is 14.2. The van der Waals surface area contributed by atoms with E-state index in [-0.39, 0.29) is 5.78 Å². The predicted octanol–water partition coefficient (Wildman–Crippen LogP) is 6.09. The molecule has 3 heteroatoms. The van der Waals surface area contributed by atoms with Gasteiger partial charge in [0.05, 0.1) is 5.56 Å². The number of allylic oxidation sites excluding steroid dienone is 1. The summed E-state index contributed by atoms with van der Waals surface area (Å²) < 4.78 is 11.7. The fraction of sp³-hybridized carbons (Fsp3) is 0.115. The Kier molecular flexibility index (Phi) is 5.30. The molecule has 0 aliphatic carbocycles. The van der Waals surface area contributed by atoms with Crippen molar-refractivity contribution in [3.05, 3.63) is 107 Å². The summed E-state index contributed by atoms with van der Waals surface area (Å²) in [4.78, 5) is 12.6. The minimum absolute atomic E-state index is 0.105. The van der Waals surface area contributed by atoms with E-state index < -0.39 is 0 Å². The second-order valence-electron chi connectivity index (χ2n) is 6.93. The van der Waals surface area contributed by atoms with E-state index >= 15 is 0 Å². The number of ether oxygens (including phenoxy) is 2. The predicted molar refractivity (Wildman–Crippen MR) is 116 cm³/mol. The minimum Gasteiger partial charge on any atom is -0.489 e. The Morgan fingerprint density at radius 1 is 0.931 bits per heavy atom. The highest BCUT2D eigenvalue weighted by atomic mass is 16.5. The summed E-state index contributed by atoms with van der Waals surface area (Å²) >= 11 is 0. The van der Waals surface area contributed by atoms with Crippen LogP contribution in [-0.4, -0.2) is 5.78 Å². The standard InChI is InChI=1S/C26H22O3/c1-3-18-5-9-20(10-6-18)15-25-26(27)23-14-13-22(16-24(23)29-25)28-17-21-11-7-19(4-2)8-12-21/h4-16H,2-3,17H2,1H3. The maximum absolute atomic E-state index is 12.6. The lowest BCUT2D eigenvalue weighted by atomic mass is 10.1. The molecule has 4 rings (SSSR count). The van der Waals surface area contributed by atoms with Crippen molar-refractivity contribution >= 4 is 17.9 Å². The van der Waals surface area contributed by atoms with Crippen LogP contribution >= 0.6 is 0 Å². The van der Waals surface area contributed by atoms with Crippen molar-refractivity contribution < 1.29 is 14.3 Å². The lowest BCUT2D eigenvalue weighted by Crippen LogP contribution is -1.98. The van der Waals surface area contributed by atoms with Gasteiger partial charge in [-0.25, -0.2) is 0 Å². The van der Waals surface area contributed by atoms with Gasteiger partial charge in [-0.2, -0.15) is 0 Å². The molecule has 0 atom stereocenters. The van der Waals surface area contributed by atoms with Gasteiger partial charge in [-0.1, -0.05) is 68.1 Å². The molecule has 0 bridgehead atoms. The molecule has 144 valence electrons. The first-order valence-corrected chi connectivity index (χ1v) is 9.67. The summed E-state index contributed by atoms with van der Waals surface area (Å²) in [5, 5.41) is 0. The van der Waals surface area contributed by atoms with Crippen molar-refractivity contribution in [2.45, 2.75) is 20.0 Å². The highest BCUT2D eigenvalue weighted by Gasteiger charge is 2.27. The number of Topliss-reactive ketones (excluding diaryl/α,β-unsaturated/α-hetero) is 1. The van der Waals surface area contributed by atoms with Crippen LogP contribution in [0.3, 0.4) is 0 Å². The van der Waals surface area contributed by atoms with E-state index in [0.717, 1.165) is 23.1 Å². The van der Waals surface area contributed by atoms with Crippen LogP contribution in [0.5, 0.6) is 11.5 Å². The van der Waals surface area contributed by atoms with Crippen LogP contribution in [0.1, 0.15) is 39.5 Å². The molecule has 0 saturated carbocycles. The number of rotatable bonds is 6. The van der Waals surface area contributed by atoms with E-state index in [4.69, 9.17) is 9.47 Å². The molecule has 0 radical (unpaired) electrons. The Morgan fingerprint density at radius 3 is 2.31 bits per heavy atom. The van der Waals surface area contributed by atoms with Crippen LogP contribution in [0.25, 0.3) is 12.2 Å². The molecule has 0 aromatic heterocycles. The Morgan fingerprint density at radius 2 is 1.62 bits per heavy atom. The van der Waals surface area contributed by atoms with E-state index in [9.17, 15) is 4.79 Å². The van der Waals surface area contributed by atoms with Crippen LogP contribution in [0.2, 0.25) is 0 Å². The summed E-state index contributed by atoms with van der Waals surface area (Å²) in [7, 11) is 0. The van der Waals surface area contributed by atoms with Crippen molar-refractivity contribution in [1.82, 2.24) is 0 Å². The molecule has 0 spiro atoms. The summed E-state index contributed by atoms with van der Waals surface area (Å²) in [6.07, 6.45) is 4.57. The van der Waals surface area contributed by atoms with Gasteiger partial charge in [0.25, 0.3) is 0 Å². The first-order valence-electron chi connectivity index (χ1n) is 9.67. The number of hydrogen-bond donors (Lipinski definition) is 0. The average molecular weight is 382 g/mol. The van der Waals surface area contributed by atoms with Gasteiger partial charge in [-0.15, -0.1) is 0 Å². The normalized spacial score (nSPS) is 13.8. The van der Waals surface area contributed by atoms with Gasteiger partial charge in [0, 0.05) is 6.07 Å². The molecular weight excluding hydrogens is 360 g/mol. The molecular formula is C26H22O3. The molecule has 0 saturated heterocycles. The Labute approximate surface area is 170 Å². The largest absolute Gasteiger partial charge is 0.489 e. The van der Waals surface area contributed by atoms with Crippen LogP contribution in [0.15, 0.2) is 79.1 Å². The van der Waals surface area contributed by atoms with Gasteiger partial charge < -0.3 is 9.47 Å². The molecule has 1 aliphatic heterocycles. The van der Waals surface area contributed by atoms with E-state index in [0.29, 0.717) is 29.4 Å². The maximum atomic E-state index is 12.6. The van der Waals surface area contributed by atoms with Crippen molar-refractivity contribution in [3.8, 4) is 11.5 Å². The van der Waals surface area contributed by atoms with Gasteiger partial charge in [-0.3, -0.25) is 4.79 Å². The van der Waals surface area contributed by atoms with Crippen molar-refractivity contribution in [2.75, 3.05) is 0 Å². The van der Waals surface area contributed by atoms with Crippen LogP contribution in [0.4, 0.5) is 0 Å². The number of benzene rings is 3. The van der Waals surface area contributed by atoms with Crippen LogP contribution in [0, 0.1) is 0 Å². The molecule has 1 aliphatic rings. The number of ketones is 1. The van der Waals surface area contributed by atoms with E-state index in [1.165, 1.54) is 5.56 Å². The molecule has 3 aromatic carbocycles. The summed E-state index contributed by atoms with van der Waals surface area (Å²) in [6, 6.07) is 21.5. The third-order valence-electron chi connectivity index (χ3n) is 4.95. The molecule has 1 heterocycles. The molecule has 0 fully saturated rings. The zero-order valence-corrected chi connectivity index (χ0v) is 16.4. The molecule has 0 unspecified atom stereocenters. The number of hydrogen-bond acceptors (Lipinski definition) is 3. The Balaban J connectivity index is 1.47. The van der Waals surface area contributed by atoms with Crippen LogP contribution < -0.4 is 9.47 Å². The van der Waals surface area contributed by atoms with Gasteiger partial charge in [0.1, 0.15) is 18.1 Å². The second kappa shape index (κ2) is 8.19.